The smallest absolute Gasteiger partial charge is 0.257 e. The monoisotopic (exact) mass is 394 g/mol. The maximum Gasteiger partial charge on any atom is 0.257 e. The van der Waals surface area contributed by atoms with Gasteiger partial charge in [-0.3, -0.25) is 4.79 Å². The molecule has 1 atom stereocenters. The SMILES string of the molecule is Cc1c(C(=O)N2CCCC(c3nc(CC(C)C)no3)C2)cnn1-c1ccccn1. The Morgan fingerprint density at radius 1 is 1.34 bits per heavy atom. The van der Waals surface area contributed by atoms with Gasteiger partial charge < -0.3 is 9.42 Å². The first-order valence-electron chi connectivity index (χ1n) is 10.1. The summed E-state index contributed by atoms with van der Waals surface area (Å²) in [6.45, 7) is 7.45. The quantitative estimate of drug-likeness (QED) is 0.660. The molecule has 0 N–H and O–H groups in total. The summed E-state index contributed by atoms with van der Waals surface area (Å²) in [5.41, 5.74) is 1.38. The predicted octanol–water partition coefficient (Wildman–Crippen LogP) is 3.18. The molecule has 4 rings (SSSR count). The first-order valence-corrected chi connectivity index (χ1v) is 10.1. The van der Waals surface area contributed by atoms with Crippen LogP contribution in [-0.2, 0) is 6.42 Å². The number of pyridine rings is 1. The van der Waals surface area contributed by atoms with Crippen molar-refractivity contribution in [2.24, 2.45) is 5.92 Å². The molecule has 29 heavy (non-hydrogen) atoms. The average molecular weight is 394 g/mol. The van der Waals surface area contributed by atoms with Crippen LogP contribution in [0, 0.1) is 12.8 Å². The lowest BCUT2D eigenvalue weighted by molar-refractivity contribution is 0.0695. The molecule has 1 aliphatic heterocycles. The lowest BCUT2D eigenvalue weighted by Crippen LogP contribution is -2.39. The zero-order chi connectivity index (χ0) is 20.4. The van der Waals surface area contributed by atoms with Crippen LogP contribution >= 0.6 is 0 Å². The second-order valence-electron chi connectivity index (χ2n) is 7.98. The van der Waals surface area contributed by atoms with E-state index in [4.69, 9.17) is 4.52 Å². The van der Waals surface area contributed by atoms with Crippen molar-refractivity contribution in [3.8, 4) is 5.82 Å². The summed E-state index contributed by atoms with van der Waals surface area (Å²) in [5, 5.41) is 8.48. The summed E-state index contributed by atoms with van der Waals surface area (Å²) in [7, 11) is 0. The molecule has 0 aromatic carbocycles. The number of amides is 1. The normalized spacial score (nSPS) is 17.1. The number of piperidine rings is 1. The van der Waals surface area contributed by atoms with Crippen LogP contribution in [0.25, 0.3) is 5.82 Å². The number of carbonyl (C=O) groups is 1. The van der Waals surface area contributed by atoms with Crippen molar-refractivity contribution in [3.05, 3.63) is 53.6 Å². The summed E-state index contributed by atoms with van der Waals surface area (Å²) in [5.74, 6) is 2.61. The van der Waals surface area contributed by atoms with E-state index in [1.165, 1.54) is 0 Å². The highest BCUT2D eigenvalue weighted by Crippen LogP contribution is 2.27. The van der Waals surface area contributed by atoms with Gasteiger partial charge in [-0.15, -0.1) is 0 Å². The molecule has 1 amide bonds. The zero-order valence-corrected chi connectivity index (χ0v) is 17.1. The number of carbonyl (C=O) groups excluding carboxylic acids is 1. The van der Waals surface area contributed by atoms with Crippen LogP contribution in [0.1, 0.15) is 60.4 Å². The standard InChI is InChI=1S/C21H26N6O2/c1-14(2)11-18-24-20(29-25-18)16-7-6-10-26(13-16)21(28)17-12-23-27(15(17)3)19-8-4-5-9-22-19/h4-5,8-9,12,14,16H,6-7,10-11,13H2,1-3H3. The van der Waals surface area contributed by atoms with Crippen LogP contribution in [0.2, 0.25) is 0 Å². The Morgan fingerprint density at radius 2 is 2.21 bits per heavy atom. The van der Waals surface area contributed by atoms with Crippen molar-refractivity contribution < 1.29 is 9.32 Å². The van der Waals surface area contributed by atoms with Gasteiger partial charge in [-0.1, -0.05) is 25.1 Å². The molecule has 1 aliphatic rings. The van der Waals surface area contributed by atoms with Gasteiger partial charge in [-0.2, -0.15) is 10.1 Å². The summed E-state index contributed by atoms with van der Waals surface area (Å²) in [4.78, 5) is 23.9. The van der Waals surface area contributed by atoms with Gasteiger partial charge in [0, 0.05) is 25.7 Å². The van der Waals surface area contributed by atoms with Crippen molar-refractivity contribution in [1.82, 2.24) is 29.8 Å². The minimum absolute atomic E-state index is 0.0173. The van der Waals surface area contributed by atoms with Crippen molar-refractivity contribution in [3.63, 3.8) is 0 Å². The topological polar surface area (TPSA) is 89.9 Å². The Balaban J connectivity index is 1.49. The average Bonchev–Trinajstić information content (AvgIpc) is 3.34. The molecular weight excluding hydrogens is 368 g/mol. The van der Waals surface area contributed by atoms with E-state index >= 15 is 0 Å². The van der Waals surface area contributed by atoms with E-state index in [-0.39, 0.29) is 11.8 Å². The highest BCUT2D eigenvalue weighted by atomic mass is 16.5. The summed E-state index contributed by atoms with van der Waals surface area (Å²) in [6, 6.07) is 5.63. The molecule has 3 aromatic heterocycles. The summed E-state index contributed by atoms with van der Waals surface area (Å²) < 4.78 is 7.20. The van der Waals surface area contributed by atoms with Crippen LogP contribution in [-0.4, -0.2) is 48.8 Å². The van der Waals surface area contributed by atoms with Crippen LogP contribution in [0.5, 0.6) is 0 Å². The number of hydrogen-bond donors (Lipinski definition) is 0. The molecule has 1 unspecified atom stereocenters. The zero-order valence-electron chi connectivity index (χ0n) is 17.1. The molecule has 0 bridgehead atoms. The first kappa shape index (κ1) is 19.3. The third kappa shape index (κ3) is 4.06. The van der Waals surface area contributed by atoms with Gasteiger partial charge in [0.25, 0.3) is 5.91 Å². The third-order valence-corrected chi connectivity index (χ3v) is 5.24. The van der Waals surface area contributed by atoms with Gasteiger partial charge in [0.15, 0.2) is 11.6 Å². The molecule has 8 heteroatoms. The molecular formula is C21H26N6O2. The van der Waals surface area contributed by atoms with E-state index < -0.39 is 0 Å². The molecule has 3 aromatic rings. The molecule has 0 aliphatic carbocycles. The number of likely N-dealkylation sites (tertiary alicyclic amines) is 1. The van der Waals surface area contributed by atoms with Crippen molar-refractivity contribution in [2.75, 3.05) is 13.1 Å². The molecule has 0 radical (unpaired) electrons. The van der Waals surface area contributed by atoms with Crippen molar-refractivity contribution in [1.29, 1.82) is 0 Å². The Labute approximate surface area is 169 Å². The van der Waals surface area contributed by atoms with Crippen LogP contribution in [0.15, 0.2) is 35.1 Å². The van der Waals surface area contributed by atoms with E-state index in [1.807, 2.05) is 30.0 Å². The second kappa shape index (κ2) is 8.14. The maximum absolute atomic E-state index is 13.2. The third-order valence-electron chi connectivity index (χ3n) is 5.24. The van der Waals surface area contributed by atoms with E-state index in [0.29, 0.717) is 29.7 Å². The van der Waals surface area contributed by atoms with E-state index in [0.717, 1.165) is 37.3 Å². The van der Waals surface area contributed by atoms with E-state index in [1.54, 1.807) is 17.1 Å². The van der Waals surface area contributed by atoms with Gasteiger partial charge in [-0.05, 0) is 37.8 Å². The summed E-state index contributed by atoms with van der Waals surface area (Å²) in [6.07, 6.45) is 5.99. The van der Waals surface area contributed by atoms with Gasteiger partial charge in [0.05, 0.1) is 23.4 Å². The van der Waals surface area contributed by atoms with Gasteiger partial charge in [0.2, 0.25) is 5.89 Å². The number of nitrogens with zero attached hydrogens (tertiary/aromatic N) is 6. The van der Waals surface area contributed by atoms with E-state index in [9.17, 15) is 4.79 Å². The van der Waals surface area contributed by atoms with Gasteiger partial charge in [-0.25, -0.2) is 9.67 Å². The fraction of sp³-hybridized carbons (Fsp3) is 0.476. The van der Waals surface area contributed by atoms with Gasteiger partial charge >= 0.3 is 0 Å². The molecule has 0 spiro atoms. The minimum atomic E-state index is -0.0173. The molecule has 4 heterocycles. The molecule has 0 saturated carbocycles. The fourth-order valence-corrected chi connectivity index (χ4v) is 3.74. The van der Waals surface area contributed by atoms with Crippen LogP contribution in [0.4, 0.5) is 0 Å². The lowest BCUT2D eigenvalue weighted by Gasteiger charge is -2.31. The highest BCUT2D eigenvalue weighted by Gasteiger charge is 2.30. The Morgan fingerprint density at radius 3 is 2.97 bits per heavy atom. The molecule has 152 valence electrons. The molecule has 1 saturated heterocycles. The Kier molecular flexibility index (Phi) is 5.42. The number of hydrogen-bond acceptors (Lipinski definition) is 6. The molecule has 1 fully saturated rings. The Hall–Kier alpha value is -3.03. The maximum atomic E-state index is 13.2. The van der Waals surface area contributed by atoms with Crippen molar-refractivity contribution >= 4 is 5.91 Å². The number of rotatable bonds is 5. The minimum Gasteiger partial charge on any atom is -0.339 e. The van der Waals surface area contributed by atoms with Gasteiger partial charge in [0.1, 0.15) is 0 Å². The fourth-order valence-electron chi connectivity index (χ4n) is 3.74. The highest BCUT2D eigenvalue weighted by molar-refractivity contribution is 5.95. The van der Waals surface area contributed by atoms with Crippen LogP contribution in [0.3, 0.4) is 0 Å². The largest absolute Gasteiger partial charge is 0.339 e. The predicted molar refractivity (Wildman–Crippen MR) is 107 cm³/mol. The second-order valence-corrected chi connectivity index (χ2v) is 7.98. The molecule has 8 nitrogen and oxygen atoms in total. The lowest BCUT2D eigenvalue weighted by atomic mass is 9.97. The van der Waals surface area contributed by atoms with E-state index in [2.05, 4.69) is 34.1 Å². The summed E-state index contributed by atoms with van der Waals surface area (Å²) >= 11 is 0. The van der Waals surface area contributed by atoms with Crippen LogP contribution < -0.4 is 0 Å². The number of aromatic nitrogens is 5. The Bertz CT molecular complexity index is 978. The van der Waals surface area contributed by atoms with Crippen molar-refractivity contribution in [2.45, 2.75) is 46.0 Å². The first-order chi connectivity index (χ1) is 14.0.